The minimum atomic E-state index is 0.444. The number of hydrogen-bond donors (Lipinski definition) is 2. The Morgan fingerprint density at radius 3 is 2.66 bits per heavy atom. The highest BCUT2D eigenvalue weighted by atomic mass is 16.5. The number of hydrogen-bond acceptors (Lipinski definition) is 5. The van der Waals surface area contributed by atoms with Crippen LogP contribution in [-0.4, -0.2) is 20.6 Å². The standard InChI is InChI=1S/C23H27N5O/c1-14(2)16-5-3-15(4-6-16)11-28-10-9-18-20(28)13-29-12-19-21(18)22(24)27-23(26-19)25-17-7-8-17/h3-6,9-10,14,17H,7-8,11-13H2,1-2H3,(H3,24,25,26,27). The molecule has 0 spiro atoms. The van der Waals surface area contributed by atoms with Gasteiger partial charge in [0.15, 0.2) is 0 Å². The van der Waals surface area contributed by atoms with Crippen molar-refractivity contribution in [1.29, 1.82) is 0 Å². The van der Waals surface area contributed by atoms with Crippen LogP contribution >= 0.6 is 0 Å². The van der Waals surface area contributed by atoms with E-state index in [9.17, 15) is 0 Å². The first-order chi connectivity index (χ1) is 14.1. The van der Waals surface area contributed by atoms with E-state index in [2.05, 4.69) is 65.2 Å². The molecule has 6 heteroatoms. The zero-order valence-electron chi connectivity index (χ0n) is 17.0. The third kappa shape index (κ3) is 3.60. The van der Waals surface area contributed by atoms with E-state index < -0.39 is 0 Å². The van der Waals surface area contributed by atoms with Gasteiger partial charge in [-0.3, -0.25) is 0 Å². The lowest BCUT2D eigenvalue weighted by Crippen LogP contribution is -2.10. The average Bonchev–Trinajstić information content (AvgIpc) is 3.46. The number of rotatable bonds is 5. The summed E-state index contributed by atoms with van der Waals surface area (Å²) in [4.78, 5) is 9.21. The number of anilines is 2. The van der Waals surface area contributed by atoms with Crippen molar-refractivity contribution in [3.05, 3.63) is 59.0 Å². The molecule has 6 nitrogen and oxygen atoms in total. The van der Waals surface area contributed by atoms with E-state index in [0.29, 0.717) is 36.9 Å². The lowest BCUT2D eigenvalue weighted by Gasteiger charge is -2.12. The molecule has 1 aromatic carbocycles. The zero-order valence-corrected chi connectivity index (χ0v) is 17.0. The van der Waals surface area contributed by atoms with Gasteiger partial charge in [-0.05, 0) is 36.0 Å². The van der Waals surface area contributed by atoms with E-state index in [1.165, 1.54) is 24.0 Å². The molecule has 2 aliphatic rings. The molecule has 1 fully saturated rings. The highest BCUT2D eigenvalue weighted by Gasteiger charge is 2.26. The Balaban J connectivity index is 1.46. The predicted molar refractivity (Wildman–Crippen MR) is 115 cm³/mol. The minimum absolute atomic E-state index is 0.444. The molecule has 0 bridgehead atoms. The van der Waals surface area contributed by atoms with Crippen LogP contribution in [0.15, 0.2) is 36.5 Å². The van der Waals surface area contributed by atoms with Crippen molar-refractivity contribution < 1.29 is 4.74 Å². The van der Waals surface area contributed by atoms with Gasteiger partial charge < -0.3 is 20.4 Å². The van der Waals surface area contributed by atoms with Crippen molar-refractivity contribution in [1.82, 2.24) is 14.5 Å². The number of nitrogens with two attached hydrogens (primary N) is 1. The van der Waals surface area contributed by atoms with Gasteiger partial charge in [0.25, 0.3) is 0 Å². The molecule has 0 amide bonds. The minimum Gasteiger partial charge on any atom is -0.383 e. The largest absolute Gasteiger partial charge is 0.383 e. The van der Waals surface area contributed by atoms with Gasteiger partial charge >= 0.3 is 0 Å². The molecule has 29 heavy (non-hydrogen) atoms. The third-order valence-electron chi connectivity index (χ3n) is 5.75. The van der Waals surface area contributed by atoms with Crippen LogP contribution in [0.1, 0.15) is 55.1 Å². The van der Waals surface area contributed by atoms with Crippen molar-refractivity contribution in [2.24, 2.45) is 0 Å². The lowest BCUT2D eigenvalue weighted by atomic mass is 10.0. The smallest absolute Gasteiger partial charge is 0.225 e. The highest BCUT2D eigenvalue weighted by Crippen LogP contribution is 2.36. The van der Waals surface area contributed by atoms with Crippen molar-refractivity contribution in [3.63, 3.8) is 0 Å². The normalized spacial score (nSPS) is 15.7. The van der Waals surface area contributed by atoms with Crippen molar-refractivity contribution >= 4 is 11.8 Å². The quantitative estimate of drug-likeness (QED) is 0.680. The molecule has 0 saturated heterocycles. The average molecular weight is 390 g/mol. The number of ether oxygens (including phenoxy) is 1. The van der Waals surface area contributed by atoms with E-state index in [0.717, 1.165) is 29.1 Å². The van der Waals surface area contributed by atoms with E-state index in [-0.39, 0.29) is 0 Å². The van der Waals surface area contributed by atoms with Crippen LogP contribution in [0, 0.1) is 0 Å². The van der Waals surface area contributed by atoms with Gasteiger partial charge in [-0.2, -0.15) is 4.98 Å². The molecule has 0 unspecified atom stereocenters. The van der Waals surface area contributed by atoms with E-state index in [1.54, 1.807) is 0 Å². The summed E-state index contributed by atoms with van der Waals surface area (Å²) >= 11 is 0. The molecule has 2 aromatic heterocycles. The molecule has 150 valence electrons. The Labute approximate surface area is 171 Å². The molecule has 3 N–H and O–H groups in total. The first-order valence-corrected chi connectivity index (χ1v) is 10.4. The molecule has 0 atom stereocenters. The van der Waals surface area contributed by atoms with Crippen LogP contribution in [0.2, 0.25) is 0 Å². The second kappa shape index (κ2) is 7.19. The highest BCUT2D eigenvalue weighted by molar-refractivity contribution is 5.79. The first kappa shape index (κ1) is 18.2. The second-order valence-corrected chi connectivity index (χ2v) is 8.37. The summed E-state index contributed by atoms with van der Waals surface area (Å²) in [6, 6.07) is 11.4. The Morgan fingerprint density at radius 2 is 1.93 bits per heavy atom. The fraction of sp³-hybridized carbons (Fsp3) is 0.391. The van der Waals surface area contributed by atoms with Gasteiger partial charge in [0.1, 0.15) is 5.82 Å². The maximum Gasteiger partial charge on any atom is 0.225 e. The van der Waals surface area contributed by atoms with Crippen LogP contribution in [0.3, 0.4) is 0 Å². The van der Waals surface area contributed by atoms with Gasteiger partial charge in [-0.15, -0.1) is 0 Å². The van der Waals surface area contributed by atoms with E-state index in [1.807, 2.05) is 0 Å². The number of nitrogens with one attached hydrogen (secondary N) is 1. The maximum atomic E-state index is 6.37. The van der Waals surface area contributed by atoms with Crippen LogP contribution in [0.25, 0.3) is 11.1 Å². The molecular formula is C23H27N5O. The van der Waals surface area contributed by atoms with Gasteiger partial charge in [0, 0.05) is 29.9 Å². The molecule has 1 aliphatic heterocycles. The van der Waals surface area contributed by atoms with Gasteiger partial charge in [-0.1, -0.05) is 38.1 Å². The Bertz CT molecular complexity index is 1030. The fourth-order valence-corrected chi connectivity index (χ4v) is 3.89. The first-order valence-electron chi connectivity index (χ1n) is 10.4. The summed E-state index contributed by atoms with van der Waals surface area (Å²) in [5.41, 5.74) is 13.0. The molecule has 3 aromatic rings. The maximum absolute atomic E-state index is 6.37. The number of nitrogens with zero attached hydrogens (tertiary/aromatic N) is 3. The van der Waals surface area contributed by atoms with Crippen molar-refractivity contribution in [2.45, 2.75) is 58.4 Å². The number of nitrogen functional groups attached to an aromatic ring is 1. The lowest BCUT2D eigenvalue weighted by molar-refractivity contribution is 0.103. The third-order valence-corrected chi connectivity index (χ3v) is 5.75. The predicted octanol–water partition coefficient (Wildman–Crippen LogP) is 4.30. The number of benzene rings is 1. The van der Waals surface area contributed by atoms with Crippen LogP contribution in [0.4, 0.5) is 11.8 Å². The Morgan fingerprint density at radius 1 is 1.14 bits per heavy atom. The topological polar surface area (TPSA) is 78.0 Å². The summed E-state index contributed by atoms with van der Waals surface area (Å²) in [6.45, 7) is 6.21. The molecule has 0 radical (unpaired) electrons. The summed E-state index contributed by atoms with van der Waals surface area (Å²) < 4.78 is 8.21. The summed E-state index contributed by atoms with van der Waals surface area (Å²) in [6.07, 6.45) is 4.44. The second-order valence-electron chi connectivity index (χ2n) is 8.37. The van der Waals surface area contributed by atoms with E-state index >= 15 is 0 Å². The van der Waals surface area contributed by atoms with Crippen molar-refractivity contribution in [2.75, 3.05) is 11.1 Å². The monoisotopic (exact) mass is 389 g/mol. The Kier molecular flexibility index (Phi) is 4.51. The molecule has 1 saturated carbocycles. The van der Waals surface area contributed by atoms with E-state index in [4.69, 9.17) is 15.5 Å². The summed E-state index contributed by atoms with van der Waals surface area (Å²) in [5.74, 6) is 1.67. The fourth-order valence-electron chi connectivity index (χ4n) is 3.89. The van der Waals surface area contributed by atoms with Crippen LogP contribution in [0.5, 0.6) is 0 Å². The van der Waals surface area contributed by atoms with Gasteiger partial charge in [0.05, 0.1) is 24.6 Å². The van der Waals surface area contributed by atoms with Gasteiger partial charge in [-0.25, -0.2) is 4.98 Å². The summed E-state index contributed by atoms with van der Waals surface area (Å²) in [5, 5.41) is 3.34. The van der Waals surface area contributed by atoms with Crippen molar-refractivity contribution in [3.8, 4) is 11.1 Å². The number of fused-ring (bicyclic) bond motifs is 3. The van der Waals surface area contributed by atoms with Crippen LogP contribution < -0.4 is 11.1 Å². The van der Waals surface area contributed by atoms with Crippen LogP contribution in [-0.2, 0) is 24.5 Å². The molecule has 3 heterocycles. The molecule has 1 aliphatic carbocycles. The number of aromatic nitrogens is 3. The summed E-state index contributed by atoms with van der Waals surface area (Å²) in [7, 11) is 0. The Hall–Kier alpha value is -2.86. The zero-order chi connectivity index (χ0) is 20.0. The van der Waals surface area contributed by atoms with Gasteiger partial charge in [0.2, 0.25) is 5.95 Å². The molecular weight excluding hydrogens is 362 g/mol. The molecule has 5 rings (SSSR count). The SMILES string of the molecule is CC(C)c1ccc(Cn2ccc3c2COCc2nc(NC4CC4)nc(N)c2-3)cc1.